The van der Waals surface area contributed by atoms with E-state index in [2.05, 4.69) is 45.0 Å². The molecule has 3 aromatic rings. The van der Waals surface area contributed by atoms with E-state index in [1.807, 2.05) is 6.20 Å². The summed E-state index contributed by atoms with van der Waals surface area (Å²) in [6.45, 7) is 5.16. The number of anilines is 1. The van der Waals surface area contributed by atoms with Crippen LogP contribution in [0.3, 0.4) is 0 Å². The van der Waals surface area contributed by atoms with Gasteiger partial charge in [0.2, 0.25) is 5.88 Å². The molecule has 1 saturated heterocycles. The topological polar surface area (TPSA) is 90.1 Å². The fourth-order valence-corrected chi connectivity index (χ4v) is 5.32. The van der Waals surface area contributed by atoms with Crippen molar-refractivity contribution in [3.8, 4) is 5.88 Å². The first-order chi connectivity index (χ1) is 16.5. The van der Waals surface area contributed by atoms with Crippen LogP contribution in [0.15, 0.2) is 29.2 Å². The van der Waals surface area contributed by atoms with E-state index in [4.69, 9.17) is 9.84 Å². The number of rotatable bonds is 6. The van der Waals surface area contributed by atoms with Gasteiger partial charge in [0, 0.05) is 50.7 Å². The van der Waals surface area contributed by atoms with Gasteiger partial charge in [-0.15, -0.1) is 5.10 Å². The van der Waals surface area contributed by atoms with E-state index >= 15 is 0 Å². The highest BCUT2D eigenvalue weighted by Crippen LogP contribution is 2.37. The Morgan fingerprint density at radius 3 is 2.56 bits per heavy atom. The van der Waals surface area contributed by atoms with E-state index in [0.29, 0.717) is 17.8 Å². The largest absolute Gasteiger partial charge is 0.473 e. The Kier molecular flexibility index (Phi) is 6.54. The molecular weight excluding hydrogens is 430 g/mol. The number of aromatic nitrogens is 5. The summed E-state index contributed by atoms with van der Waals surface area (Å²) in [4.78, 5) is 18.7. The van der Waals surface area contributed by atoms with Gasteiger partial charge < -0.3 is 15.0 Å². The van der Waals surface area contributed by atoms with Gasteiger partial charge in [-0.3, -0.25) is 9.48 Å². The zero-order valence-electron chi connectivity index (χ0n) is 20.4. The van der Waals surface area contributed by atoms with Gasteiger partial charge in [0.25, 0.3) is 5.56 Å². The molecule has 0 aromatic carbocycles. The van der Waals surface area contributed by atoms with Gasteiger partial charge in [-0.05, 0) is 65.6 Å². The summed E-state index contributed by atoms with van der Waals surface area (Å²) in [5, 5.41) is 14.0. The van der Waals surface area contributed by atoms with Gasteiger partial charge >= 0.3 is 0 Å². The first-order valence-corrected chi connectivity index (χ1v) is 12.5. The van der Waals surface area contributed by atoms with E-state index in [1.165, 1.54) is 27.3 Å². The molecule has 0 spiro atoms. The van der Waals surface area contributed by atoms with Crippen molar-refractivity contribution in [1.29, 1.82) is 0 Å². The molecule has 9 nitrogen and oxygen atoms in total. The van der Waals surface area contributed by atoms with Crippen molar-refractivity contribution < 1.29 is 6.16 Å². The molecule has 1 saturated carbocycles. The lowest BCUT2D eigenvalue weighted by Crippen LogP contribution is -2.29. The minimum atomic E-state index is -0.131. The second-order valence-corrected chi connectivity index (χ2v) is 9.71. The number of nitrogens with one attached hydrogen (secondary N) is 1. The van der Waals surface area contributed by atoms with Crippen molar-refractivity contribution in [3.63, 3.8) is 0 Å². The van der Waals surface area contributed by atoms with Crippen LogP contribution >= 0.6 is 0 Å². The summed E-state index contributed by atoms with van der Waals surface area (Å²) >= 11 is 0. The number of hydrogen-bond donors (Lipinski definition) is 1. The highest BCUT2D eigenvalue weighted by Gasteiger charge is 2.29. The third kappa shape index (κ3) is 4.66. The minimum absolute atomic E-state index is 0. The normalized spacial score (nSPS) is 22.2. The van der Waals surface area contributed by atoms with Crippen molar-refractivity contribution >= 4 is 16.7 Å². The average molecular weight is 468 g/mol. The monoisotopic (exact) mass is 467 g/mol. The lowest BCUT2D eigenvalue weighted by Gasteiger charge is -2.29. The number of fused-ring (bicyclic) bond motifs is 1. The second-order valence-electron chi connectivity index (χ2n) is 9.71. The molecule has 34 heavy (non-hydrogen) atoms. The Morgan fingerprint density at radius 1 is 1.09 bits per heavy atom. The fourth-order valence-electron chi connectivity index (χ4n) is 5.32. The zero-order chi connectivity index (χ0) is 23.7. The highest BCUT2D eigenvalue weighted by atomic mass is 16.5. The maximum absolute atomic E-state index is 11.6. The van der Waals surface area contributed by atoms with Gasteiger partial charge in [-0.1, -0.05) is 0 Å². The van der Waals surface area contributed by atoms with Crippen molar-refractivity contribution in [1.82, 2.24) is 29.4 Å². The Labute approximate surface area is 201 Å². The number of pyridine rings is 1. The number of nitrogens with zero attached hydrogens (tertiary/aromatic N) is 6. The van der Waals surface area contributed by atoms with Crippen LogP contribution in [0.5, 0.6) is 5.88 Å². The number of piperidine rings is 1. The van der Waals surface area contributed by atoms with E-state index in [9.17, 15) is 4.79 Å². The van der Waals surface area contributed by atoms with Gasteiger partial charge in [-0.2, -0.15) is 5.10 Å². The van der Waals surface area contributed by atoms with Crippen LogP contribution in [0.2, 0.25) is 0 Å². The summed E-state index contributed by atoms with van der Waals surface area (Å²) in [7, 11) is 3.84. The predicted octanol–water partition coefficient (Wildman–Crippen LogP) is 3.57. The molecule has 5 rings (SSSR count). The number of ether oxygens (including phenoxy) is 1. The molecule has 0 atom stereocenters. The van der Waals surface area contributed by atoms with Crippen molar-refractivity contribution in [3.05, 3.63) is 40.4 Å². The highest BCUT2D eigenvalue weighted by molar-refractivity contribution is 5.84. The predicted molar refractivity (Wildman–Crippen MR) is 135 cm³/mol. The molecule has 2 fully saturated rings. The molecule has 9 heteroatoms. The summed E-state index contributed by atoms with van der Waals surface area (Å²) in [6, 6.07) is 5.68. The summed E-state index contributed by atoms with van der Waals surface area (Å²) in [5.41, 5.74) is 2.27. The average Bonchev–Trinajstić information content (AvgIpc) is 3.21. The zero-order valence-corrected chi connectivity index (χ0v) is 20.4. The molecule has 1 N–H and O–H groups in total. The molecule has 0 unspecified atom stereocenters. The maximum Gasteiger partial charge on any atom is 0.266 e. The molecule has 4 heterocycles. The minimum Gasteiger partial charge on any atom is -0.473 e. The summed E-state index contributed by atoms with van der Waals surface area (Å²) in [5.74, 6) is 1.91. The van der Waals surface area contributed by atoms with Crippen molar-refractivity contribution in [2.45, 2.75) is 63.5 Å². The molecule has 184 valence electrons. The first kappa shape index (κ1) is 22.8. The summed E-state index contributed by atoms with van der Waals surface area (Å²) < 4.78 is 9.69. The maximum atomic E-state index is 11.6. The molecular formula is C25H37N7O2. The lowest BCUT2D eigenvalue weighted by molar-refractivity contribution is 0.123. The Morgan fingerprint density at radius 2 is 1.85 bits per heavy atom. The third-order valence-corrected chi connectivity index (χ3v) is 7.30. The van der Waals surface area contributed by atoms with Crippen LogP contribution in [0.25, 0.3) is 10.9 Å². The quantitative estimate of drug-likeness (QED) is 0.593. The van der Waals surface area contributed by atoms with E-state index in [1.54, 1.807) is 13.1 Å². The van der Waals surface area contributed by atoms with Crippen molar-refractivity contribution in [2.24, 2.45) is 7.05 Å². The van der Waals surface area contributed by atoms with Gasteiger partial charge in [0.05, 0.1) is 17.3 Å². The van der Waals surface area contributed by atoms with Crippen LogP contribution in [0.4, 0.5) is 5.82 Å². The van der Waals surface area contributed by atoms with Gasteiger partial charge in [0.15, 0.2) is 0 Å². The fraction of sp³-hybridized carbons (Fsp3) is 0.600. The standard InChI is InChI=1S/C25H35N7O2.H2/c1-4-26-22-15-21-20(16-27-22)25(17-11-13-30(2)14-12-17)29-32(21)18-5-7-19(8-6-18)34-23-9-10-24(33)31(3)28-23;/h9-10,15-19H,4-8,11-14H2,1-3H3,(H,26,27);1H. The number of aryl methyl sites for hydroxylation is 1. The smallest absolute Gasteiger partial charge is 0.266 e. The van der Waals surface area contributed by atoms with Crippen LogP contribution in [0.1, 0.15) is 64.5 Å². The van der Waals surface area contributed by atoms with Gasteiger partial charge in [0.1, 0.15) is 11.9 Å². The lowest BCUT2D eigenvalue weighted by atomic mass is 9.92. The van der Waals surface area contributed by atoms with Crippen LogP contribution in [-0.4, -0.2) is 62.2 Å². The van der Waals surface area contributed by atoms with Crippen LogP contribution in [0, 0.1) is 0 Å². The Balaban J connectivity index is 0.00000289. The van der Waals surface area contributed by atoms with Crippen LogP contribution in [-0.2, 0) is 7.05 Å². The third-order valence-electron chi connectivity index (χ3n) is 7.30. The summed E-state index contributed by atoms with van der Waals surface area (Å²) in [6.07, 6.45) is 8.28. The second kappa shape index (κ2) is 9.74. The van der Waals surface area contributed by atoms with E-state index in [-0.39, 0.29) is 13.1 Å². The van der Waals surface area contributed by atoms with Crippen molar-refractivity contribution in [2.75, 3.05) is 32.0 Å². The molecule has 0 radical (unpaired) electrons. The molecule has 3 aromatic heterocycles. The number of hydrogen-bond acceptors (Lipinski definition) is 7. The SMILES string of the molecule is CCNc1cc2c(cn1)c(C1CCN(C)CC1)nn2C1CCC(Oc2ccc(=O)n(C)n2)CC1.[HH]. The van der Waals surface area contributed by atoms with E-state index < -0.39 is 0 Å². The van der Waals surface area contributed by atoms with Gasteiger partial charge in [-0.25, -0.2) is 9.67 Å². The van der Waals surface area contributed by atoms with E-state index in [0.717, 1.165) is 64.0 Å². The molecule has 0 amide bonds. The number of likely N-dealkylation sites (tertiary alicyclic amines) is 1. The Bertz CT molecular complexity index is 1190. The first-order valence-electron chi connectivity index (χ1n) is 12.5. The molecule has 2 aliphatic rings. The van der Waals surface area contributed by atoms with Crippen LogP contribution < -0.4 is 15.6 Å². The molecule has 1 aliphatic carbocycles. The molecule has 1 aliphatic heterocycles. The Hall–Kier alpha value is -2.94. The molecule has 0 bridgehead atoms.